The van der Waals surface area contributed by atoms with E-state index < -0.39 is 0 Å². The van der Waals surface area contributed by atoms with E-state index in [2.05, 4.69) is 43.4 Å². The van der Waals surface area contributed by atoms with Crippen LogP contribution in [0.1, 0.15) is 33.3 Å². The fourth-order valence-corrected chi connectivity index (χ4v) is 2.75. The van der Waals surface area contributed by atoms with Crippen LogP contribution < -0.4 is 4.74 Å². The highest BCUT2D eigenvalue weighted by Gasteiger charge is 2.22. The molecular formula is C12H15IO2. The summed E-state index contributed by atoms with van der Waals surface area (Å²) in [7, 11) is 0. The van der Waals surface area contributed by atoms with Crippen LogP contribution in [0, 0.1) is 3.57 Å². The molecule has 0 fully saturated rings. The molecule has 0 saturated carbocycles. The zero-order valence-corrected chi connectivity index (χ0v) is 11.6. The zero-order valence-electron chi connectivity index (χ0n) is 9.43. The van der Waals surface area contributed by atoms with Crippen molar-refractivity contribution in [1.29, 1.82) is 0 Å². The van der Waals surface area contributed by atoms with Crippen molar-refractivity contribution in [2.75, 3.05) is 0 Å². The van der Waals surface area contributed by atoms with Crippen molar-refractivity contribution in [2.24, 2.45) is 0 Å². The topological polar surface area (TPSA) is 26.3 Å². The summed E-state index contributed by atoms with van der Waals surface area (Å²) in [5.41, 5.74) is 1.06. The van der Waals surface area contributed by atoms with E-state index in [1.54, 1.807) is 0 Å². The highest BCUT2D eigenvalue weighted by atomic mass is 127. The Labute approximate surface area is 104 Å². The van der Waals surface area contributed by atoms with Gasteiger partial charge in [-0.2, -0.15) is 0 Å². The van der Waals surface area contributed by atoms with E-state index in [0.29, 0.717) is 5.75 Å². The molecule has 0 unspecified atom stereocenters. The molecule has 15 heavy (non-hydrogen) atoms. The summed E-state index contributed by atoms with van der Waals surface area (Å²) >= 11 is 2.27. The van der Waals surface area contributed by atoms with E-state index in [-0.39, 0.29) is 11.4 Å². The maximum Gasteiger partial charge on any atom is 0.308 e. The van der Waals surface area contributed by atoms with Crippen LogP contribution in [0.25, 0.3) is 0 Å². The van der Waals surface area contributed by atoms with Gasteiger partial charge in [-0.05, 0) is 40.1 Å². The third kappa shape index (κ3) is 3.19. The highest BCUT2D eigenvalue weighted by Crippen LogP contribution is 2.35. The molecule has 0 radical (unpaired) electrons. The van der Waals surface area contributed by atoms with Crippen molar-refractivity contribution in [3.05, 3.63) is 27.3 Å². The summed E-state index contributed by atoms with van der Waals surface area (Å²) in [5, 5.41) is 0. The van der Waals surface area contributed by atoms with Gasteiger partial charge in [0, 0.05) is 16.1 Å². The minimum Gasteiger partial charge on any atom is -0.426 e. The van der Waals surface area contributed by atoms with Gasteiger partial charge in [-0.1, -0.05) is 26.8 Å². The van der Waals surface area contributed by atoms with Crippen molar-refractivity contribution >= 4 is 28.6 Å². The molecule has 1 aromatic carbocycles. The van der Waals surface area contributed by atoms with E-state index in [4.69, 9.17) is 4.74 Å². The quantitative estimate of drug-likeness (QED) is 0.450. The molecule has 0 saturated heterocycles. The lowest BCUT2D eigenvalue weighted by molar-refractivity contribution is -0.131. The highest BCUT2D eigenvalue weighted by molar-refractivity contribution is 14.1. The molecular weight excluding hydrogens is 303 g/mol. The summed E-state index contributed by atoms with van der Waals surface area (Å²) in [6, 6.07) is 5.76. The van der Waals surface area contributed by atoms with E-state index in [1.165, 1.54) is 6.92 Å². The van der Waals surface area contributed by atoms with Gasteiger partial charge in [-0.3, -0.25) is 4.79 Å². The van der Waals surface area contributed by atoms with Gasteiger partial charge in [-0.25, -0.2) is 0 Å². The lowest BCUT2D eigenvalue weighted by atomic mass is 9.86. The van der Waals surface area contributed by atoms with Gasteiger partial charge >= 0.3 is 5.97 Å². The predicted molar refractivity (Wildman–Crippen MR) is 69.2 cm³/mol. The van der Waals surface area contributed by atoms with Gasteiger partial charge in [0.15, 0.2) is 0 Å². The molecule has 82 valence electrons. The first-order valence-electron chi connectivity index (χ1n) is 4.80. The smallest absolute Gasteiger partial charge is 0.308 e. The number of carbonyl (C=O) groups excluding carboxylic acids is 1. The standard InChI is InChI=1S/C12H15IO2/c1-8(14)15-10-7-5-6-9(13)11(10)12(2,3)4/h5-7H,1-4H3. The van der Waals surface area contributed by atoms with Gasteiger partial charge in [-0.15, -0.1) is 0 Å². The molecule has 2 nitrogen and oxygen atoms in total. The second-order valence-electron chi connectivity index (χ2n) is 4.46. The number of benzene rings is 1. The Kier molecular flexibility index (Phi) is 3.76. The molecule has 0 spiro atoms. The second kappa shape index (κ2) is 4.51. The number of carbonyl (C=O) groups is 1. The first-order chi connectivity index (χ1) is 6.82. The van der Waals surface area contributed by atoms with Crippen LogP contribution in [0.5, 0.6) is 5.75 Å². The van der Waals surface area contributed by atoms with Crippen LogP contribution in [0.3, 0.4) is 0 Å². The van der Waals surface area contributed by atoms with Gasteiger partial charge in [0.2, 0.25) is 0 Å². The Hall–Kier alpha value is -0.580. The average Bonchev–Trinajstić information content (AvgIpc) is 1.99. The average molecular weight is 318 g/mol. The lowest BCUT2D eigenvalue weighted by Gasteiger charge is -2.23. The van der Waals surface area contributed by atoms with E-state index >= 15 is 0 Å². The van der Waals surface area contributed by atoms with Crippen LogP contribution in [-0.2, 0) is 10.2 Å². The van der Waals surface area contributed by atoms with Crippen molar-refractivity contribution in [3.8, 4) is 5.75 Å². The first-order valence-corrected chi connectivity index (χ1v) is 5.87. The molecule has 3 heteroatoms. The molecule has 0 N–H and O–H groups in total. The van der Waals surface area contributed by atoms with Crippen LogP contribution >= 0.6 is 22.6 Å². The fourth-order valence-electron chi connectivity index (χ4n) is 1.47. The molecule has 0 bridgehead atoms. The summed E-state index contributed by atoms with van der Waals surface area (Å²) in [6.45, 7) is 7.75. The first kappa shape index (κ1) is 12.5. The van der Waals surface area contributed by atoms with E-state index in [1.807, 2.05) is 18.2 Å². The molecule has 0 aliphatic carbocycles. The van der Waals surface area contributed by atoms with E-state index in [9.17, 15) is 4.79 Å². The third-order valence-electron chi connectivity index (χ3n) is 1.98. The Balaban J connectivity index is 3.27. The van der Waals surface area contributed by atoms with Gasteiger partial charge in [0.25, 0.3) is 0 Å². The van der Waals surface area contributed by atoms with Crippen molar-refractivity contribution in [3.63, 3.8) is 0 Å². The number of ether oxygens (including phenoxy) is 1. The Morgan fingerprint density at radius 3 is 2.40 bits per heavy atom. The third-order valence-corrected chi connectivity index (χ3v) is 2.88. The maximum absolute atomic E-state index is 11.0. The lowest BCUT2D eigenvalue weighted by Crippen LogP contribution is -2.16. The number of esters is 1. The molecule has 1 aromatic rings. The van der Waals surface area contributed by atoms with Crippen molar-refractivity contribution in [2.45, 2.75) is 33.1 Å². The minimum atomic E-state index is -0.275. The maximum atomic E-state index is 11.0. The second-order valence-corrected chi connectivity index (χ2v) is 5.62. The van der Waals surface area contributed by atoms with Crippen LogP contribution in [0.2, 0.25) is 0 Å². The Bertz CT molecular complexity index is 378. The van der Waals surface area contributed by atoms with Crippen LogP contribution in [0.15, 0.2) is 18.2 Å². The molecule has 0 heterocycles. The predicted octanol–water partition coefficient (Wildman–Crippen LogP) is 3.51. The van der Waals surface area contributed by atoms with Gasteiger partial charge < -0.3 is 4.74 Å². The molecule has 0 aliphatic heterocycles. The SMILES string of the molecule is CC(=O)Oc1cccc(I)c1C(C)(C)C. The number of hydrogen-bond acceptors (Lipinski definition) is 2. The minimum absolute atomic E-state index is 0.0252. The fraction of sp³-hybridized carbons (Fsp3) is 0.417. The van der Waals surface area contributed by atoms with E-state index in [0.717, 1.165) is 9.13 Å². The monoisotopic (exact) mass is 318 g/mol. The largest absolute Gasteiger partial charge is 0.426 e. The Morgan fingerprint density at radius 1 is 1.33 bits per heavy atom. The molecule has 0 aromatic heterocycles. The molecule has 0 atom stereocenters. The van der Waals surface area contributed by atoms with Crippen LogP contribution in [-0.4, -0.2) is 5.97 Å². The zero-order chi connectivity index (χ0) is 11.6. The normalized spacial score (nSPS) is 11.3. The van der Waals surface area contributed by atoms with Crippen LogP contribution in [0.4, 0.5) is 0 Å². The summed E-state index contributed by atoms with van der Waals surface area (Å²) < 4.78 is 6.33. The molecule has 0 aliphatic rings. The number of rotatable bonds is 1. The van der Waals surface area contributed by atoms with Gasteiger partial charge in [0.05, 0.1) is 0 Å². The summed E-state index contributed by atoms with van der Waals surface area (Å²) in [4.78, 5) is 11.0. The van der Waals surface area contributed by atoms with Crippen molar-refractivity contribution < 1.29 is 9.53 Å². The number of halogens is 1. The summed E-state index contributed by atoms with van der Waals surface area (Å²) in [6.07, 6.45) is 0. The number of hydrogen-bond donors (Lipinski definition) is 0. The molecule has 0 amide bonds. The Morgan fingerprint density at radius 2 is 1.93 bits per heavy atom. The van der Waals surface area contributed by atoms with Gasteiger partial charge in [0.1, 0.15) is 5.75 Å². The van der Waals surface area contributed by atoms with Crippen molar-refractivity contribution in [1.82, 2.24) is 0 Å². The summed E-state index contributed by atoms with van der Waals surface area (Å²) in [5.74, 6) is 0.393. The molecule has 1 rings (SSSR count).